The molecule has 24 heavy (non-hydrogen) atoms. The van der Waals surface area contributed by atoms with Gasteiger partial charge in [0.25, 0.3) is 11.6 Å². The molecule has 0 aliphatic heterocycles. The van der Waals surface area contributed by atoms with Crippen LogP contribution in [0.2, 0.25) is 0 Å². The van der Waals surface area contributed by atoms with Crippen LogP contribution in [-0.4, -0.2) is 16.9 Å². The van der Waals surface area contributed by atoms with Gasteiger partial charge in [-0.15, -0.1) is 0 Å². The van der Waals surface area contributed by atoms with E-state index in [1.165, 1.54) is 18.2 Å². The number of amides is 1. The zero-order chi connectivity index (χ0) is 17.7. The average molecular weight is 328 g/mol. The molecule has 0 bridgehead atoms. The van der Waals surface area contributed by atoms with E-state index in [9.17, 15) is 14.9 Å². The number of anilines is 1. The highest BCUT2D eigenvalue weighted by Crippen LogP contribution is 2.20. The zero-order valence-corrected chi connectivity index (χ0v) is 13.9. The lowest BCUT2D eigenvalue weighted by Crippen LogP contribution is -2.32. The second kappa shape index (κ2) is 7.59. The van der Waals surface area contributed by atoms with Crippen LogP contribution in [0.5, 0.6) is 5.75 Å². The molecule has 0 unspecified atom stereocenters. The summed E-state index contributed by atoms with van der Waals surface area (Å²) in [6.07, 6.45) is -0.196. The molecule has 0 aromatic heterocycles. The summed E-state index contributed by atoms with van der Waals surface area (Å²) in [7, 11) is 0. The third-order valence-electron chi connectivity index (χ3n) is 3.46. The summed E-state index contributed by atoms with van der Waals surface area (Å²) in [6.45, 7) is 5.77. The molecule has 2 rings (SSSR count). The van der Waals surface area contributed by atoms with Gasteiger partial charge in [0.15, 0.2) is 6.10 Å². The number of aryl methyl sites for hydroxylation is 2. The zero-order valence-electron chi connectivity index (χ0n) is 13.9. The normalized spacial score (nSPS) is 11.6. The van der Waals surface area contributed by atoms with Crippen LogP contribution in [0.4, 0.5) is 11.4 Å². The largest absolute Gasteiger partial charge is 0.481 e. The Kier molecular flexibility index (Phi) is 5.52. The van der Waals surface area contributed by atoms with E-state index in [4.69, 9.17) is 4.74 Å². The van der Waals surface area contributed by atoms with Gasteiger partial charge in [0, 0.05) is 17.8 Å². The van der Waals surface area contributed by atoms with Crippen molar-refractivity contribution in [3.8, 4) is 5.75 Å². The van der Waals surface area contributed by atoms with Gasteiger partial charge in [0.05, 0.1) is 4.92 Å². The quantitative estimate of drug-likeness (QED) is 0.641. The van der Waals surface area contributed by atoms with Crippen molar-refractivity contribution in [2.24, 2.45) is 0 Å². The molecule has 0 spiro atoms. The SMILES string of the molecule is CC[C@H](Oc1cc(C)cc(C)c1)C(=O)Nc1cccc([N+](=O)[O-])c1. The predicted molar refractivity (Wildman–Crippen MR) is 92.3 cm³/mol. The van der Waals surface area contributed by atoms with Gasteiger partial charge < -0.3 is 10.1 Å². The summed E-state index contributed by atoms with van der Waals surface area (Å²) in [5, 5.41) is 13.5. The highest BCUT2D eigenvalue weighted by Gasteiger charge is 2.19. The Hall–Kier alpha value is -2.89. The van der Waals surface area contributed by atoms with Crippen LogP contribution >= 0.6 is 0 Å². The summed E-state index contributed by atoms with van der Waals surface area (Å²) in [4.78, 5) is 22.7. The molecule has 1 N–H and O–H groups in total. The van der Waals surface area contributed by atoms with Gasteiger partial charge in [-0.2, -0.15) is 0 Å². The van der Waals surface area contributed by atoms with Gasteiger partial charge in [0.1, 0.15) is 5.75 Å². The first-order chi connectivity index (χ1) is 11.4. The minimum Gasteiger partial charge on any atom is -0.481 e. The van der Waals surface area contributed by atoms with Crippen molar-refractivity contribution in [3.05, 3.63) is 63.7 Å². The lowest BCUT2D eigenvalue weighted by molar-refractivity contribution is -0.384. The van der Waals surface area contributed by atoms with Gasteiger partial charge in [-0.3, -0.25) is 14.9 Å². The summed E-state index contributed by atoms with van der Waals surface area (Å²) in [6, 6.07) is 11.6. The van der Waals surface area contributed by atoms with Crippen LogP contribution in [0.1, 0.15) is 24.5 Å². The van der Waals surface area contributed by atoms with E-state index in [1.54, 1.807) is 6.07 Å². The predicted octanol–water partition coefficient (Wildman–Crippen LogP) is 4.01. The number of rotatable bonds is 6. The number of non-ortho nitro benzene ring substituents is 1. The summed E-state index contributed by atoms with van der Waals surface area (Å²) in [5.74, 6) is 0.297. The van der Waals surface area contributed by atoms with Gasteiger partial charge in [-0.1, -0.05) is 19.1 Å². The standard InChI is InChI=1S/C18H20N2O4/c1-4-17(24-16-9-12(2)8-13(3)10-16)18(21)19-14-6-5-7-15(11-14)20(22)23/h5-11,17H,4H2,1-3H3,(H,19,21)/t17-/m0/s1. The molecule has 2 aromatic carbocycles. The molecule has 1 amide bonds. The maximum atomic E-state index is 12.4. The molecule has 0 heterocycles. The molecule has 0 saturated heterocycles. The Morgan fingerprint density at radius 3 is 2.46 bits per heavy atom. The van der Waals surface area contributed by atoms with E-state index in [0.29, 0.717) is 17.9 Å². The third kappa shape index (κ3) is 4.55. The maximum Gasteiger partial charge on any atom is 0.271 e. The number of ether oxygens (including phenoxy) is 1. The fourth-order valence-corrected chi connectivity index (χ4v) is 2.41. The molecule has 126 valence electrons. The highest BCUT2D eigenvalue weighted by molar-refractivity contribution is 5.94. The van der Waals surface area contributed by atoms with Gasteiger partial charge >= 0.3 is 0 Å². The Bertz CT molecular complexity index is 738. The van der Waals surface area contributed by atoms with Crippen molar-refractivity contribution in [2.75, 3.05) is 5.32 Å². The fraction of sp³-hybridized carbons (Fsp3) is 0.278. The van der Waals surface area contributed by atoms with Crippen LogP contribution in [-0.2, 0) is 4.79 Å². The average Bonchev–Trinajstić information content (AvgIpc) is 2.51. The van der Waals surface area contributed by atoms with Crippen LogP contribution in [0.15, 0.2) is 42.5 Å². The first kappa shape index (κ1) is 17.5. The number of nitrogens with one attached hydrogen (secondary N) is 1. The summed E-state index contributed by atoms with van der Waals surface area (Å²) < 4.78 is 5.79. The van der Waals surface area contributed by atoms with Crippen LogP contribution in [0.3, 0.4) is 0 Å². The number of nitrogens with zero attached hydrogens (tertiary/aromatic N) is 1. The van der Waals surface area contributed by atoms with Gasteiger partial charge in [0.2, 0.25) is 0 Å². The summed E-state index contributed by atoms with van der Waals surface area (Å²) in [5.41, 5.74) is 2.41. The van der Waals surface area contributed by atoms with Crippen molar-refractivity contribution in [1.29, 1.82) is 0 Å². The molecular formula is C18H20N2O4. The maximum absolute atomic E-state index is 12.4. The fourth-order valence-electron chi connectivity index (χ4n) is 2.41. The number of nitro groups is 1. The van der Waals surface area contributed by atoms with Crippen molar-refractivity contribution < 1.29 is 14.5 Å². The molecule has 1 atom stereocenters. The van der Waals surface area contributed by atoms with E-state index in [-0.39, 0.29) is 11.6 Å². The summed E-state index contributed by atoms with van der Waals surface area (Å²) >= 11 is 0. The van der Waals surface area contributed by atoms with Gasteiger partial charge in [-0.25, -0.2) is 0 Å². The topological polar surface area (TPSA) is 81.5 Å². The van der Waals surface area contributed by atoms with E-state index in [2.05, 4.69) is 5.32 Å². The lowest BCUT2D eigenvalue weighted by atomic mass is 10.1. The van der Waals surface area contributed by atoms with Gasteiger partial charge in [-0.05, 0) is 49.6 Å². The molecule has 2 aromatic rings. The smallest absolute Gasteiger partial charge is 0.271 e. The monoisotopic (exact) mass is 328 g/mol. The molecular weight excluding hydrogens is 308 g/mol. The second-order valence-corrected chi connectivity index (χ2v) is 5.63. The molecule has 6 heteroatoms. The van der Waals surface area contributed by atoms with E-state index >= 15 is 0 Å². The van der Waals surface area contributed by atoms with Crippen molar-refractivity contribution in [1.82, 2.24) is 0 Å². The molecule has 0 fully saturated rings. The Balaban J connectivity index is 2.11. The Labute approximate surface area is 140 Å². The second-order valence-electron chi connectivity index (χ2n) is 5.63. The number of hydrogen-bond acceptors (Lipinski definition) is 4. The van der Waals surface area contributed by atoms with E-state index in [1.807, 2.05) is 39.0 Å². The third-order valence-corrected chi connectivity index (χ3v) is 3.46. The van der Waals surface area contributed by atoms with Crippen LogP contribution in [0.25, 0.3) is 0 Å². The molecule has 0 radical (unpaired) electrons. The van der Waals surface area contributed by atoms with E-state index < -0.39 is 11.0 Å². The van der Waals surface area contributed by atoms with Crippen LogP contribution in [0, 0.1) is 24.0 Å². The van der Waals surface area contributed by atoms with E-state index in [0.717, 1.165) is 11.1 Å². The lowest BCUT2D eigenvalue weighted by Gasteiger charge is -2.18. The number of hydrogen-bond donors (Lipinski definition) is 1. The highest BCUT2D eigenvalue weighted by atomic mass is 16.6. The first-order valence-corrected chi connectivity index (χ1v) is 7.69. The Morgan fingerprint density at radius 2 is 1.88 bits per heavy atom. The Morgan fingerprint density at radius 1 is 1.21 bits per heavy atom. The van der Waals surface area contributed by atoms with Crippen LogP contribution < -0.4 is 10.1 Å². The number of benzene rings is 2. The molecule has 0 saturated carbocycles. The number of carbonyl (C=O) groups is 1. The number of carbonyl (C=O) groups excluding carboxylic acids is 1. The van der Waals surface area contributed by atoms with Crippen molar-refractivity contribution in [2.45, 2.75) is 33.3 Å². The molecule has 0 aliphatic rings. The molecule has 0 aliphatic carbocycles. The first-order valence-electron chi connectivity index (χ1n) is 7.69. The minimum absolute atomic E-state index is 0.0731. The number of nitro benzene ring substituents is 1. The van der Waals surface area contributed by atoms with Crippen molar-refractivity contribution >= 4 is 17.3 Å². The van der Waals surface area contributed by atoms with Crippen molar-refractivity contribution in [3.63, 3.8) is 0 Å². The minimum atomic E-state index is -0.675. The molecule has 6 nitrogen and oxygen atoms in total.